The summed E-state index contributed by atoms with van der Waals surface area (Å²) in [7, 11) is 1.27. The maximum atomic E-state index is 12.6. The van der Waals surface area contributed by atoms with Gasteiger partial charge in [0.15, 0.2) is 0 Å². The van der Waals surface area contributed by atoms with Crippen LogP contribution in [0.4, 0.5) is 0 Å². The Morgan fingerprint density at radius 3 is 2.41 bits per heavy atom. The Morgan fingerprint density at radius 2 is 1.89 bits per heavy atom. The van der Waals surface area contributed by atoms with Crippen LogP contribution in [-0.2, 0) is 19.1 Å². The number of carbonyl (C=O) groups is 4. The smallest absolute Gasteiger partial charge is 0.337 e. The van der Waals surface area contributed by atoms with E-state index < -0.39 is 36.3 Å². The average Bonchev–Trinajstić information content (AvgIpc) is 2.89. The fraction of sp³-hybridized carbons (Fsp3) is 0.235. The molecule has 2 rings (SSSR count). The summed E-state index contributed by atoms with van der Waals surface area (Å²) in [5.74, 6) is -3.57. The van der Waals surface area contributed by atoms with Gasteiger partial charge in [0.25, 0.3) is 5.91 Å². The normalized spacial score (nSPS) is 16.5. The van der Waals surface area contributed by atoms with Crippen molar-refractivity contribution >= 4 is 58.2 Å². The summed E-state index contributed by atoms with van der Waals surface area (Å²) < 4.78 is 4.66. The van der Waals surface area contributed by atoms with Crippen LogP contribution in [0.1, 0.15) is 28.8 Å². The first-order chi connectivity index (χ1) is 12.7. The first-order valence-electron chi connectivity index (χ1n) is 7.64. The number of carboxylic acids is 2. The Kier molecular flexibility index (Phi) is 6.70. The van der Waals surface area contributed by atoms with Gasteiger partial charge in [-0.25, -0.2) is 9.59 Å². The Bertz CT molecular complexity index is 832. The monoisotopic (exact) mass is 409 g/mol. The van der Waals surface area contributed by atoms with E-state index in [9.17, 15) is 24.3 Å². The predicted octanol–water partition coefficient (Wildman–Crippen LogP) is 1.99. The number of carbonyl (C=O) groups excluding carboxylic acids is 2. The second-order valence-electron chi connectivity index (χ2n) is 5.45. The molecule has 0 radical (unpaired) electrons. The lowest BCUT2D eigenvalue weighted by Gasteiger charge is -2.22. The van der Waals surface area contributed by atoms with E-state index in [1.54, 1.807) is 12.1 Å². The van der Waals surface area contributed by atoms with Crippen LogP contribution >= 0.6 is 24.0 Å². The number of rotatable bonds is 7. The molecule has 1 aromatic rings. The molecule has 1 amide bonds. The van der Waals surface area contributed by atoms with Crippen molar-refractivity contribution in [2.75, 3.05) is 7.11 Å². The van der Waals surface area contributed by atoms with Crippen molar-refractivity contribution in [2.24, 2.45) is 0 Å². The molecule has 1 aliphatic rings. The number of nitrogens with zero attached hydrogens (tertiary/aromatic N) is 1. The number of benzene rings is 1. The molecule has 1 aromatic carbocycles. The molecule has 1 aliphatic heterocycles. The number of esters is 1. The Balaban J connectivity index is 2.23. The molecule has 0 aliphatic carbocycles. The van der Waals surface area contributed by atoms with Crippen molar-refractivity contribution in [3.8, 4) is 0 Å². The molecule has 1 saturated heterocycles. The van der Waals surface area contributed by atoms with Gasteiger partial charge < -0.3 is 14.9 Å². The van der Waals surface area contributed by atoms with E-state index in [0.717, 1.165) is 16.7 Å². The maximum absolute atomic E-state index is 12.6. The van der Waals surface area contributed by atoms with Gasteiger partial charge in [-0.2, -0.15) is 0 Å². The van der Waals surface area contributed by atoms with Crippen LogP contribution in [0.5, 0.6) is 0 Å². The van der Waals surface area contributed by atoms with E-state index in [-0.39, 0.29) is 15.6 Å². The van der Waals surface area contributed by atoms with Crippen LogP contribution < -0.4 is 0 Å². The number of ether oxygens (including phenoxy) is 1. The molecule has 27 heavy (non-hydrogen) atoms. The minimum atomic E-state index is -1.35. The van der Waals surface area contributed by atoms with Gasteiger partial charge in [0.05, 0.1) is 17.6 Å². The number of aliphatic carboxylic acids is 2. The number of methoxy groups -OCH3 is 1. The van der Waals surface area contributed by atoms with E-state index >= 15 is 0 Å². The topological polar surface area (TPSA) is 121 Å². The van der Waals surface area contributed by atoms with Gasteiger partial charge in [-0.15, -0.1) is 0 Å². The van der Waals surface area contributed by atoms with Crippen LogP contribution in [0.3, 0.4) is 0 Å². The summed E-state index contributed by atoms with van der Waals surface area (Å²) in [6, 6.07) is 4.94. The fourth-order valence-corrected chi connectivity index (χ4v) is 3.71. The summed E-state index contributed by atoms with van der Waals surface area (Å²) >= 11 is 6.05. The summed E-state index contributed by atoms with van der Waals surface area (Å²) in [4.78, 5) is 47.4. The molecular weight excluding hydrogens is 394 g/mol. The van der Waals surface area contributed by atoms with Crippen LogP contribution in [-0.4, -0.2) is 56.4 Å². The highest BCUT2D eigenvalue weighted by Gasteiger charge is 2.40. The third-order valence-corrected chi connectivity index (χ3v) is 5.01. The molecule has 1 fully saturated rings. The summed E-state index contributed by atoms with van der Waals surface area (Å²) in [5.41, 5.74) is 0.961. The standard InChI is InChI=1S/C17H15NO7S2/c1-25-16(24)10-4-2-9(3-5-10)8-12-14(21)18(17(26)27-12)11(15(22)23)6-7-13(19)20/h2-5,8,11H,6-7H2,1H3,(H,19,20)(H,22,23). The molecule has 0 spiro atoms. The molecule has 2 N–H and O–H groups in total. The largest absolute Gasteiger partial charge is 0.481 e. The van der Waals surface area contributed by atoms with Gasteiger partial charge >= 0.3 is 17.9 Å². The van der Waals surface area contributed by atoms with E-state index in [1.165, 1.54) is 25.3 Å². The van der Waals surface area contributed by atoms with Crippen molar-refractivity contribution in [2.45, 2.75) is 18.9 Å². The molecule has 8 nitrogen and oxygen atoms in total. The zero-order valence-electron chi connectivity index (χ0n) is 14.1. The van der Waals surface area contributed by atoms with Crippen LogP contribution in [0.15, 0.2) is 29.2 Å². The lowest BCUT2D eigenvalue weighted by Crippen LogP contribution is -2.44. The molecule has 1 atom stereocenters. The van der Waals surface area contributed by atoms with E-state index in [4.69, 9.17) is 17.3 Å². The van der Waals surface area contributed by atoms with Gasteiger partial charge in [0.2, 0.25) is 0 Å². The van der Waals surface area contributed by atoms with E-state index in [0.29, 0.717) is 11.1 Å². The minimum absolute atomic E-state index is 0.0511. The van der Waals surface area contributed by atoms with Gasteiger partial charge in [0.1, 0.15) is 10.4 Å². The summed E-state index contributed by atoms with van der Waals surface area (Å²) in [6.07, 6.45) is 0.872. The van der Waals surface area contributed by atoms with E-state index in [1.807, 2.05) is 0 Å². The first kappa shape index (κ1) is 20.6. The number of hydrogen-bond acceptors (Lipinski definition) is 7. The number of hydrogen-bond donors (Lipinski definition) is 2. The SMILES string of the molecule is COC(=O)c1ccc(C=C2SC(=S)N(C(CCC(=O)O)C(=O)O)C2=O)cc1. The summed E-state index contributed by atoms with van der Waals surface area (Å²) in [5, 5.41) is 18.1. The highest BCUT2D eigenvalue weighted by atomic mass is 32.2. The molecule has 142 valence electrons. The van der Waals surface area contributed by atoms with Crippen molar-refractivity contribution in [3.05, 3.63) is 40.3 Å². The average molecular weight is 409 g/mol. The van der Waals surface area contributed by atoms with Crippen molar-refractivity contribution < 1.29 is 34.1 Å². The molecule has 1 unspecified atom stereocenters. The number of carboxylic acid groups (broad SMARTS) is 2. The lowest BCUT2D eigenvalue weighted by atomic mass is 10.1. The predicted molar refractivity (Wildman–Crippen MR) is 101 cm³/mol. The summed E-state index contributed by atoms with van der Waals surface area (Å²) in [6.45, 7) is 0. The molecule has 0 saturated carbocycles. The van der Waals surface area contributed by atoms with Crippen LogP contribution in [0, 0.1) is 0 Å². The second kappa shape index (κ2) is 8.78. The quantitative estimate of drug-likeness (QED) is 0.395. The minimum Gasteiger partial charge on any atom is -0.481 e. The van der Waals surface area contributed by atoms with Crippen LogP contribution in [0.25, 0.3) is 6.08 Å². The third kappa shape index (κ3) is 4.92. The van der Waals surface area contributed by atoms with Crippen molar-refractivity contribution in [1.82, 2.24) is 4.90 Å². The second-order valence-corrected chi connectivity index (χ2v) is 7.13. The third-order valence-electron chi connectivity index (χ3n) is 3.68. The van der Waals surface area contributed by atoms with Crippen molar-refractivity contribution in [3.63, 3.8) is 0 Å². The maximum Gasteiger partial charge on any atom is 0.337 e. The Labute approximate surface area is 163 Å². The van der Waals surface area contributed by atoms with Gasteiger partial charge in [0, 0.05) is 6.42 Å². The van der Waals surface area contributed by atoms with Gasteiger partial charge in [-0.3, -0.25) is 14.5 Å². The number of thioether (sulfide) groups is 1. The molecule has 10 heteroatoms. The van der Waals surface area contributed by atoms with Gasteiger partial charge in [-0.05, 0) is 30.2 Å². The fourth-order valence-electron chi connectivity index (χ4n) is 2.36. The molecule has 1 heterocycles. The number of amides is 1. The zero-order chi connectivity index (χ0) is 20.1. The van der Waals surface area contributed by atoms with Gasteiger partial charge in [-0.1, -0.05) is 36.1 Å². The molecule has 0 bridgehead atoms. The number of thiocarbonyl (C=S) groups is 1. The highest BCUT2D eigenvalue weighted by Crippen LogP contribution is 2.35. The lowest BCUT2D eigenvalue weighted by molar-refractivity contribution is -0.146. The molecule has 0 aromatic heterocycles. The van der Waals surface area contributed by atoms with Crippen LogP contribution in [0.2, 0.25) is 0 Å². The Morgan fingerprint density at radius 1 is 1.26 bits per heavy atom. The Hall–Kier alpha value is -2.72. The zero-order valence-corrected chi connectivity index (χ0v) is 15.7. The highest BCUT2D eigenvalue weighted by molar-refractivity contribution is 8.26. The molecular formula is C17H15NO7S2. The van der Waals surface area contributed by atoms with Crippen molar-refractivity contribution in [1.29, 1.82) is 0 Å². The first-order valence-corrected chi connectivity index (χ1v) is 8.87. The van der Waals surface area contributed by atoms with E-state index in [2.05, 4.69) is 4.74 Å².